The van der Waals surface area contributed by atoms with Gasteiger partial charge in [0, 0.05) is 82.1 Å². The van der Waals surface area contributed by atoms with Crippen molar-refractivity contribution in [2.45, 2.75) is 131 Å². The number of thiol groups is 1. The van der Waals surface area contributed by atoms with Gasteiger partial charge in [-0.1, -0.05) is 87.5 Å². The van der Waals surface area contributed by atoms with Gasteiger partial charge in [0.1, 0.15) is 0 Å². The smallest absolute Gasteiger partial charge is 0.870 e. The number of aliphatic hydroxyl groups excluding tert-OH is 1. The van der Waals surface area contributed by atoms with Crippen LogP contribution < -0.4 is 35.2 Å². The number of nitrogens with zero attached hydrogens (tertiary/aromatic N) is 9. The topological polar surface area (TPSA) is 278 Å². The van der Waals surface area contributed by atoms with Crippen molar-refractivity contribution in [3.63, 3.8) is 0 Å². The molecular formula is C70H94B2Br3N9NaO13S. The fourth-order valence-electron chi connectivity index (χ4n) is 9.98. The third kappa shape index (κ3) is 27.1. The van der Waals surface area contributed by atoms with E-state index in [4.69, 9.17) is 33.7 Å². The minimum atomic E-state index is -0.895. The Morgan fingerprint density at radius 2 is 0.909 bits per heavy atom. The van der Waals surface area contributed by atoms with Crippen LogP contribution in [0.5, 0.6) is 0 Å². The fraction of sp³-hybridized carbons (Fsp3) is 0.429. The first-order valence-corrected chi connectivity index (χ1v) is 34.4. The molecule has 8 aromatic rings. The van der Waals surface area contributed by atoms with Gasteiger partial charge in [-0.05, 0) is 187 Å². The summed E-state index contributed by atoms with van der Waals surface area (Å²) >= 11 is 13.7. The second-order valence-corrected chi connectivity index (χ2v) is 25.7. The maximum Gasteiger partial charge on any atom is 1.00 e. The van der Waals surface area contributed by atoms with Gasteiger partial charge in [0.25, 0.3) is 0 Å². The van der Waals surface area contributed by atoms with Crippen LogP contribution in [0.25, 0.3) is 33.8 Å². The molecule has 0 saturated carbocycles. The van der Waals surface area contributed by atoms with Gasteiger partial charge >= 0.3 is 85.3 Å². The van der Waals surface area contributed by atoms with Gasteiger partial charge in [-0.2, -0.15) is 20.4 Å². The standard InChI is InChI=1S/C15H17BrN2O2.C15H18N2O2.C14H15BrN2O2.C11H13BrO2.C10H17BN2O2.C4H8O.CH4O.BHNS.Na.H2O/c1-4-5-10-8-11(15(19)20-3)6-7-12(10)14-13(16)9-17-18(14)2;1-4-5-11-10-12(15(18)19-3)6-7-13(11)14-8-9-16-17(14)2;1-3-4-9-7-10(14(18)19)5-6-11(9)13-12(15)8-16-17(13)2;1-3-4-8-7-9(11(13)14-2)5-6-10(8)12;1-9(2)10(3,4)15-11(14-9)8-6-7-12-13(8)5;1-2-4-5-3-1;1-2;1-2-3;;/h6-9H,4-5H2,1-3H3;6-10H,4-5H2,1-3H3;5-8H,3-4H2,1-2H3,(H,18,19);5-7H,3-4H2,1-2H3;6-7H,1-5H3;1-4H2;2H,1H3;3H;;1H2/q;;;;;;;;+1;/p-1. The second kappa shape index (κ2) is 46.6. The minimum Gasteiger partial charge on any atom is -0.870 e. The van der Waals surface area contributed by atoms with Crippen LogP contribution in [0.4, 0.5) is 0 Å². The van der Waals surface area contributed by atoms with E-state index >= 15 is 0 Å². The van der Waals surface area contributed by atoms with E-state index in [-0.39, 0.29) is 71.3 Å². The number of rotatable bonds is 16. The number of carboxylic acid groups (broad SMARTS) is 1. The SMILES string of the molecule is C1CCOC1.CCCc1cc(C(=O)O)ccc1-c1c(Br)cnn1C.CCCc1cc(C(=O)OC)ccc1-c1c(Br)cnn1C.CCCc1cc(C(=O)OC)ccc1-c1ccnn1C.CCCc1cc(C(=O)OC)ccc1Br.CO.Cn1nccc1B1OC(C)(C)C(C)(C)O1.[B]=NS.[Na+].[OH-]. The van der Waals surface area contributed by atoms with E-state index in [2.05, 4.69) is 125 Å². The molecule has 2 aliphatic rings. The fourth-order valence-corrected chi connectivity index (χ4v) is 11.5. The molecule has 0 unspecified atom stereocenters. The zero-order valence-electron chi connectivity index (χ0n) is 60.1. The molecule has 0 spiro atoms. The number of ether oxygens (including phenoxy) is 4. The number of aliphatic hydroxyl groups is 1. The van der Waals surface area contributed by atoms with Crippen molar-refractivity contribution in [2.24, 2.45) is 32.5 Å². The van der Waals surface area contributed by atoms with Crippen LogP contribution in [0.1, 0.15) is 158 Å². The molecule has 531 valence electrons. The molecule has 2 fully saturated rings. The Labute approximate surface area is 637 Å². The van der Waals surface area contributed by atoms with Crippen molar-refractivity contribution in [1.29, 1.82) is 0 Å². The number of methoxy groups -OCH3 is 3. The molecule has 4 aromatic carbocycles. The molecule has 0 aliphatic carbocycles. The van der Waals surface area contributed by atoms with Crippen molar-refractivity contribution in [2.75, 3.05) is 41.7 Å². The number of benzene rings is 4. The number of carbonyl (C=O) groups is 4. The van der Waals surface area contributed by atoms with E-state index in [0.29, 0.717) is 22.3 Å². The quantitative estimate of drug-likeness (QED) is 0.0351. The van der Waals surface area contributed by atoms with Crippen molar-refractivity contribution >= 4 is 105 Å². The van der Waals surface area contributed by atoms with Crippen LogP contribution in [0, 0.1) is 0 Å². The normalized spacial score (nSPS) is 12.5. The summed E-state index contributed by atoms with van der Waals surface area (Å²) in [5.41, 5.74) is 13.2. The van der Waals surface area contributed by atoms with Crippen LogP contribution >= 0.6 is 60.6 Å². The Bertz CT molecular complexity index is 3740. The Morgan fingerprint density at radius 1 is 0.556 bits per heavy atom. The first kappa shape index (κ1) is 91.1. The summed E-state index contributed by atoms with van der Waals surface area (Å²) < 4.78 is 43.8. The van der Waals surface area contributed by atoms with E-state index in [0.717, 1.165) is 147 Å². The number of carboxylic acids is 1. The van der Waals surface area contributed by atoms with Crippen LogP contribution in [0.3, 0.4) is 0 Å². The molecule has 4 aromatic heterocycles. The summed E-state index contributed by atoms with van der Waals surface area (Å²) in [5.74, 6) is -1.78. The predicted molar refractivity (Wildman–Crippen MR) is 399 cm³/mol. The first-order chi connectivity index (χ1) is 46.2. The minimum absolute atomic E-state index is 0. The molecule has 99 heavy (non-hydrogen) atoms. The second-order valence-electron chi connectivity index (χ2n) is 22.9. The van der Waals surface area contributed by atoms with Crippen LogP contribution in [0.15, 0.2) is 127 Å². The summed E-state index contributed by atoms with van der Waals surface area (Å²) in [4.78, 5) is 45.6. The van der Waals surface area contributed by atoms with Crippen LogP contribution in [-0.4, -0.2) is 146 Å². The van der Waals surface area contributed by atoms with E-state index in [1.807, 2.05) is 120 Å². The van der Waals surface area contributed by atoms with Gasteiger partial charge in [-0.3, -0.25) is 18.7 Å². The summed E-state index contributed by atoms with van der Waals surface area (Å²) in [5, 5.41) is 32.8. The molecule has 1 radical (unpaired) electrons. The van der Waals surface area contributed by atoms with E-state index in [1.165, 1.54) is 34.2 Å². The van der Waals surface area contributed by atoms with Crippen LogP contribution in [0.2, 0.25) is 0 Å². The number of esters is 3. The molecule has 0 bridgehead atoms. The maximum absolute atomic E-state index is 11.7. The molecule has 0 atom stereocenters. The van der Waals surface area contributed by atoms with Crippen molar-refractivity contribution < 1.29 is 92.7 Å². The summed E-state index contributed by atoms with van der Waals surface area (Å²) in [7, 11) is 16.8. The monoisotopic (exact) mass is 1580 g/mol. The third-order valence-corrected chi connectivity index (χ3v) is 17.5. The largest absolute Gasteiger partial charge is 1.00 e. The maximum atomic E-state index is 11.7. The molecule has 3 N–H and O–H groups in total. The van der Waals surface area contributed by atoms with Crippen molar-refractivity contribution in [3.8, 4) is 33.8 Å². The Hall–Kier alpha value is -5.88. The molecule has 2 aliphatic heterocycles. The van der Waals surface area contributed by atoms with E-state index in [1.54, 1.807) is 64.5 Å². The van der Waals surface area contributed by atoms with Gasteiger partial charge < -0.3 is 43.9 Å². The molecule has 10 rings (SSSR count). The number of halogens is 3. The molecule has 2 saturated heterocycles. The van der Waals surface area contributed by atoms with Gasteiger partial charge in [0.05, 0.1) is 98.8 Å². The zero-order chi connectivity index (χ0) is 72.6. The number of hydrogen-bond acceptors (Lipinski definition) is 18. The molecule has 6 heterocycles. The van der Waals surface area contributed by atoms with Crippen molar-refractivity contribution in [3.05, 3.63) is 168 Å². The van der Waals surface area contributed by atoms with E-state index < -0.39 is 5.97 Å². The van der Waals surface area contributed by atoms with Gasteiger partial charge in [0.2, 0.25) is 0 Å². The van der Waals surface area contributed by atoms with Gasteiger partial charge in [-0.15, -0.1) is 0 Å². The van der Waals surface area contributed by atoms with Crippen LogP contribution in [-0.2, 0) is 82.1 Å². The average Bonchev–Trinajstić information content (AvgIpc) is 1.66. The zero-order valence-corrected chi connectivity index (χ0v) is 67.7. The molecular weight excluding hydrogens is 1490 g/mol. The molecule has 0 amide bonds. The third-order valence-electron chi connectivity index (χ3n) is 15.5. The molecule has 22 nitrogen and oxygen atoms in total. The predicted octanol–water partition coefficient (Wildman–Crippen LogP) is 11.2. The Morgan fingerprint density at radius 3 is 1.24 bits per heavy atom. The van der Waals surface area contributed by atoms with Gasteiger partial charge in [-0.25, -0.2) is 19.2 Å². The Balaban J connectivity index is 0.000000597. The van der Waals surface area contributed by atoms with Gasteiger partial charge in [0.15, 0.2) is 0 Å². The number of carbonyl (C=O) groups excluding carboxylic acids is 3. The Kier molecular flexibility index (Phi) is 42.9. The first-order valence-electron chi connectivity index (χ1n) is 31.6. The summed E-state index contributed by atoms with van der Waals surface area (Å²) in [6.45, 7) is 18.6. The number of aromatic carboxylic acids is 1. The molecule has 29 heteroatoms. The summed E-state index contributed by atoms with van der Waals surface area (Å²) in [6, 6.07) is 26.0. The van der Waals surface area contributed by atoms with E-state index in [9.17, 15) is 19.2 Å². The number of hydrogen-bond donors (Lipinski definition) is 3. The summed E-state index contributed by atoms with van der Waals surface area (Å²) in [6.07, 6.45) is 17.3. The average molecular weight is 1590 g/mol. The number of aromatic nitrogens is 8. The number of aryl methyl sites for hydroxylation is 8. The van der Waals surface area contributed by atoms with Crippen molar-refractivity contribution in [1.82, 2.24) is 39.1 Å².